The SMILES string of the molecule is O=C(Nc1ccccc1Cl)c1cnc2nccnc2c1. The first-order valence-corrected chi connectivity index (χ1v) is 6.24. The van der Waals surface area contributed by atoms with Crippen LogP contribution in [0.15, 0.2) is 48.9 Å². The zero-order valence-electron chi connectivity index (χ0n) is 10.2. The molecule has 0 bridgehead atoms. The number of anilines is 1. The van der Waals surface area contributed by atoms with Gasteiger partial charge < -0.3 is 5.32 Å². The Labute approximate surface area is 119 Å². The topological polar surface area (TPSA) is 67.8 Å². The van der Waals surface area contributed by atoms with Crippen molar-refractivity contribution in [1.29, 1.82) is 0 Å². The molecule has 0 aliphatic carbocycles. The lowest BCUT2D eigenvalue weighted by molar-refractivity contribution is 0.102. The highest BCUT2D eigenvalue weighted by Gasteiger charge is 2.10. The molecule has 3 aromatic rings. The normalized spacial score (nSPS) is 10.4. The van der Waals surface area contributed by atoms with Crippen molar-refractivity contribution in [2.75, 3.05) is 5.32 Å². The molecule has 2 aromatic heterocycles. The molecule has 1 amide bonds. The van der Waals surface area contributed by atoms with Crippen molar-refractivity contribution in [2.45, 2.75) is 0 Å². The van der Waals surface area contributed by atoms with E-state index in [4.69, 9.17) is 11.6 Å². The van der Waals surface area contributed by atoms with E-state index in [1.165, 1.54) is 6.20 Å². The number of hydrogen-bond acceptors (Lipinski definition) is 4. The number of fused-ring (bicyclic) bond motifs is 1. The van der Waals surface area contributed by atoms with Crippen molar-refractivity contribution in [3.63, 3.8) is 0 Å². The summed E-state index contributed by atoms with van der Waals surface area (Å²) in [5.41, 5.74) is 2.03. The minimum absolute atomic E-state index is 0.293. The molecule has 20 heavy (non-hydrogen) atoms. The van der Waals surface area contributed by atoms with Gasteiger partial charge in [-0.1, -0.05) is 23.7 Å². The van der Waals surface area contributed by atoms with Gasteiger partial charge in [0.05, 0.1) is 16.3 Å². The van der Waals surface area contributed by atoms with E-state index in [2.05, 4.69) is 20.3 Å². The van der Waals surface area contributed by atoms with E-state index in [9.17, 15) is 4.79 Å². The highest BCUT2D eigenvalue weighted by molar-refractivity contribution is 6.33. The van der Waals surface area contributed by atoms with Crippen LogP contribution in [0.5, 0.6) is 0 Å². The summed E-state index contributed by atoms with van der Waals surface area (Å²) < 4.78 is 0. The summed E-state index contributed by atoms with van der Waals surface area (Å²) in [6, 6.07) is 8.67. The predicted molar refractivity (Wildman–Crippen MR) is 76.7 cm³/mol. The Hall–Kier alpha value is -2.53. The highest BCUT2D eigenvalue weighted by atomic mass is 35.5. The van der Waals surface area contributed by atoms with Gasteiger partial charge in [-0.15, -0.1) is 0 Å². The zero-order chi connectivity index (χ0) is 13.9. The van der Waals surface area contributed by atoms with E-state index in [-0.39, 0.29) is 5.91 Å². The molecule has 0 unspecified atom stereocenters. The van der Waals surface area contributed by atoms with E-state index in [1.807, 2.05) is 0 Å². The van der Waals surface area contributed by atoms with Crippen molar-refractivity contribution in [3.8, 4) is 0 Å². The number of rotatable bonds is 2. The first-order chi connectivity index (χ1) is 9.74. The van der Waals surface area contributed by atoms with Gasteiger partial charge in [0.15, 0.2) is 5.65 Å². The number of nitrogens with one attached hydrogen (secondary N) is 1. The summed E-state index contributed by atoms with van der Waals surface area (Å²) in [6.07, 6.45) is 4.57. The van der Waals surface area contributed by atoms with E-state index in [1.54, 1.807) is 42.7 Å². The van der Waals surface area contributed by atoms with Crippen molar-refractivity contribution in [2.24, 2.45) is 0 Å². The van der Waals surface area contributed by atoms with Gasteiger partial charge in [0, 0.05) is 18.6 Å². The van der Waals surface area contributed by atoms with Crippen LogP contribution >= 0.6 is 11.6 Å². The molecule has 2 heterocycles. The molecule has 0 aliphatic heterocycles. The lowest BCUT2D eigenvalue weighted by Crippen LogP contribution is -2.12. The Kier molecular flexibility index (Phi) is 3.26. The maximum absolute atomic E-state index is 12.2. The van der Waals surface area contributed by atoms with Crippen LogP contribution in [-0.4, -0.2) is 20.9 Å². The molecule has 0 spiro atoms. The summed E-state index contributed by atoms with van der Waals surface area (Å²) in [4.78, 5) is 24.4. The molecule has 0 saturated carbocycles. The molecule has 1 aromatic carbocycles. The Morgan fingerprint density at radius 2 is 1.90 bits per heavy atom. The minimum Gasteiger partial charge on any atom is -0.321 e. The summed E-state index contributed by atoms with van der Waals surface area (Å²) in [6.45, 7) is 0. The summed E-state index contributed by atoms with van der Waals surface area (Å²) >= 11 is 6.00. The smallest absolute Gasteiger partial charge is 0.257 e. The Balaban J connectivity index is 1.91. The second-order valence-corrected chi connectivity index (χ2v) is 4.46. The van der Waals surface area contributed by atoms with E-state index < -0.39 is 0 Å². The van der Waals surface area contributed by atoms with Crippen LogP contribution in [0.3, 0.4) is 0 Å². The third-order valence-corrected chi connectivity index (χ3v) is 3.04. The molecular weight excluding hydrogens is 276 g/mol. The quantitative estimate of drug-likeness (QED) is 0.785. The Morgan fingerprint density at radius 1 is 1.10 bits per heavy atom. The number of benzene rings is 1. The molecule has 0 fully saturated rings. The van der Waals surface area contributed by atoms with E-state index in [0.717, 1.165) is 0 Å². The number of hydrogen-bond donors (Lipinski definition) is 1. The molecule has 3 rings (SSSR count). The van der Waals surface area contributed by atoms with Gasteiger partial charge in [-0.3, -0.25) is 9.78 Å². The number of pyridine rings is 1. The molecular formula is C14H9ClN4O. The third kappa shape index (κ3) is 2.44. The van der Waals surface area contributed by atoms with Gasteiger partial charge in [-0.05, 0) is 18.2 Å². The number of nitrogens with zero attached hydrogens (tertiary/aromatic N) is 3. The van der Waals surface area contributed by atoms with Gasteiger partial charge in [0.25, 0.3) is 5.91 Å². The first kappa shape index (κ1) is 12.5. The molecule has 0 aliphatic rings. The molecule has 0 atom stereocenters. The predicted octanol–water partition coefficient (Wildman–Crippen LogP) is 2.93. The van der Waals surface area contributed by atoms with Crippen molar-refractivity contribution < 1.29 is 4.79 Å². The van der Waals surface area contributed by atoms with Crippen LogP contribution in [0.2, 0.25) is 5.02 Å². The Bertz CT molecular complexity index is 791. The van der Waals surface area contributed by atoms with Crippen molar-refractivity contribution in [1.82, 2.24) is 15.0 Å². The number of carbonyl (C=O) groups is 1. The standard InChI is InChI=1S/C14H9ClN4O/c15-10-3-1-2-4-11(10)19-14(20)9-7-12-13(18-8-9)17-6-5-16-12/h1-8H,(H,19,20). The average Bonchev–Trinajstić information content (AvgIpc) is 2.49. The fourth-order valence-electron chi connectivity index (χ4n) is 1.74. The van der Waals surface area contributed by atoms with Crippen LogP contribution in [0.4, 0.5) is 5.69 Å². The maximum Gasteiger partial charge on any atom is 0.257 e. The second-order valence-electron chi connectivity index (χ2n) is 4.06. The number of amides is 1. The molecule has 0 radical (unpaired) electrons. The fourth-order valence-corrected chi connectivity index (χ4v) is 1.92. The molecule has 98 valence electrons. The number of para-hydroxylation sites is 1. The maximum atomic E-state index is 12.2. The van der Waals surface area contributed by atoms with Crippen LogP contribution in [0.1, 0.15) is 10.4 Å². The van der Waals surface area contributed by atoms with Gasteiger partial charge >= 0.3 is 0 Å². The van der Waals surface area contributed by atoms with Gasteiger partial charge in [-0.2, -0.15) is 0 Å². The Morgan fingerprint density at radius 3 is 2.75 bits per heavy atom. The zero-order valence-corrected chi connectivity index (χ0v) is 11.0. The van der Waals surface area contributed by atoms with Gasteiger partial charge in [0.2, 0.25) is 0 Å². The van der Waals surface area contributed by atoms with Crippen molar-refractivity contribution in [3.05, 3.63) is 59.5 Å². The van der Waals surface area contributed by atoms with Crippen LogP contribution in [-0.2, 0) is 0 Å². The second kappa shape index (κ2) is 5.22. The van der Waals surface area contributed by atoms with Gasteiger partial charge in [-0.25, -0.2) is 9.97 Å². The number of halogens is 1. The molecule has 0 saturated heterocycles. The number of carbonyl (C=O) groups excluding carboxylic acids is 1. The molecule has 1 N–H and O–H groups in total. The van der Waals surface area contributed by atoms with E-state index >= 15 is 0 Å². The van der Waals surface area contributed by atoms with Crippen LogP contribution < -0.4 is 5.32 Å². The first-order valence-electron chi connectivity index (χ1n) is 5.87. The average molecular weight is 285 g/mol. The lowest BCUT2D eigenvalue weighted by atomic mass is 10.2. The van der Waals surface area contributed by atoms with Gasteiger partial charge in [0.1, 0.15) is 5.52 Å². The van der Waals surface area contributed by atoms with Crippen LogP contribution in [0.25, 0.3) is 11.2 Å². The largest absolute Gasteiger partial charge is 0.321 e. The minimum atomic E-state index is -0.293. The monoisotopic (exact) mass is 284 g/mol. The van der Waals surface area contributed by atoms with E-state index in [0.29, 0.717) is 27.4 Å². The summed E-state index contributed by atoms with van der Waals surface area (Å²) in [7, 11) is 0. The third-order valence-electron chi connectivity index (χ3n) is 2.71. The summed E-state index contributed by atoms with van der Waals surface area (Å²) in [5.74, 6) is -0.293. The highest BCUT2D eigenvalue weighted by Crippen LogP contribution is 2.21. The fraction of sp³-hybridized carbons (Fsp3) is 0. The lowest BCUT2D eigenvalue weighted by Gasteiger charge is -2.06. The van der Waals surface area contributed by atoms with Crippen molar-refractivity contribution >= 4 is 34.4 Å². The molecule has 5 nitrogen and oxygen atoms in total. The van der Waals surface area contributed by atoms with Crippen LogP contribution in [0, 0.1) is 0 Å². The number of aromatic nitrogens is 3. The molecule has 6 heteroatoms. The summed E-state index contributed by atoms with van der Waals surface area (Å²) in [5, 5.41) is 3.21.